The normalized spacial score (nSPS) is 13.9. The van der Waals surface area contributed by atoms with E-state index in [0.29, 0.717) is 16.8 Å². The fourth-order valence-corrected chi connectivity index (χ4v) is 3.66. The molecule has 0 N–H and O–H groups in total. The zero-order valence-corrected chi connectivity index (χ0v) is 15.2. The second-order valence-electron chi connectivity index (χ2n) is 6.13. The van der Waals surface area contributed by atoms with Crippen molar-refractivity contribution in [3.8, 4) is 27.6 Å². The zero-order valence-electron chi connectivity index (χ0n) is 13.6. The third-order valence-corrected chi connectivity index (χ3v) is 5.41. The van der Waals surface area contributed by atoms with Crippen LogP contribution in [0, 0.1) is 0 Å². The van der Waals surface area contributed by atoms with Crippen molar-refractivity contribution in [3.05, 3.63) is 58.8 Å². The summed E-state index contributed by atoms with van der Waals surface area (Å²) >= 11 is 7.64. The average Bonchev–Trinajstić information content (AvgIpc) is 3.17. The molecule has 5 rings (SSSR count). The summed E-state index contributed by atoms with van der Waals surface area (Å²) in [6, 6.07) is 11.5. The molecule has 0 amide bonds. The van der Waals surface area contributed by atoms with Gasteiger partial charge in [0, 0.05) is 17.1 Å². The summed E-state index contributed by atoms with van der Waals surface area (Å²) in [6.07, 6.45) is 4.16. The molecular weight excluding hydrogens is 368 g/mol. The minimum Gasteiger partial charge on any atom is -0.240 e. The smallest absolute Gasteiger partial charge is 0.190 e. The van der Waals surface area contributed by atoms with E-state index < -0.39 is 0 Å². The molecule has 0 bridgehead atoms. The fraction of sp³-hybridized carbons (Fsp3) is 0.167. The van der Waals surface area contributed by atoms with Gasteiger partial charge in [0.1, 0.15) is 5.82 Å². The predicted molar refractivity (Wildman–Crippen MR) is 100 cm³/mol. The van der Waals surface area contributed by atoms with Gasteiger partial charge in [-0.2, -0.15) is 4.68 Å². The summed E-state index contributed by atoms with van der Waals surface area (Å²) in [5.41, 5.74) is 2.52. The van der Waals surface area contributed by atoms with Crippen LogP contribution in [0.3, 0.4) is 0 Å². The number of aromatic nitrogens is 6. The van der Waals surface area contributed by atoms with Crippen LogP contribution in [0.5, 0.6) is 0 Å². The molecule has 0 radical (unpaired) electrons. The van der Waals surface area contributed by atoms with Gasteiger partial charge >= 0.3 is 0 Å². The molecule has 1 aliphatic carbocycles. The molecule has 0 aliphatic heterocycles. The Morgan fingerprint density at radius 3 is 2.69 bits per heavy atom. The lowest BCUT2D eigenvalue weighted by atomic mass is 10.1. The van der Waals surface area contributed by atoms with Crippen molar-refractivity contribution in [3.63, 3.8) is 0 Å². The van der Waals surface area contributed by atoms with Crippen LogP contribution in [0.25, 0.3) is 27.6 Å². The Morgan fingerprint density at radius 1 is 1.12 bits per heavy atom. The third-order valence-electron chi connectivity index (χ3n) is 4.29. The van der Waals surface area contributed by atoms with Crippen molar-refractivity contribution in [2.24, 2.45) is 0 Å². The van der Waals surface area contributed by atoms with E-state index in [-0.39, 0.29) is 0 Å². The van der Waals surface area contributed by atoms with Crippen LogP contribution in [0.15, 0.2) is 48.0 Å². The molecule has 3 aromatic heterocycles. The zero-order chi connectivity index (χ0) is 17.5. The molecule has 8 heteroatoms. The van der Waals surface area contributed by atoms with Gasteiger partial charge in [0.05, 0.1) is 21.8 Å². The second-order valence-corrected chi connectivity index (χ2v) is 7.52. The molecule has 128 valence electrons. The Bertz CT molecular complexity index is 1050. The van der Waals surface area contributed by atoms with Gasteiger partial charge in [-0.05, 0) is 59.0 Å². The Kier molecular flexibility index (Phi) is 3.76. The lowest BCUT2D eigenvalue weighted by Gasteiger charge is -2.09. The molecule has 0 saturated heterocycles. The standard InChI is InChI=1S/C18H13ClN6S/c19-12-5-7-13(8-6-12)25-18(22-23-24-25)14-10-20-17(11-3-4-11)21-16(14)15-2-1-9-26-15/h1-2,5-11H,3-4H2. The van der Waals surface area contributed by atoms with Crippen LogP contribution in [0.2, 0.25) is 5.02 Å². The molecule has 1 fully saturated rings. The first kappa shape index (κ1) is 15.6. The molecule has 1 saturated carbocycles. The number of tetrazole rings is 1. The summed E-state index contributed by atoms with van der Waals surface area (Å²) in [7, 11) is 0. The van der Waals surface area contributed by atoms with Crippen LogP contribution in [-0.2, 0) is 0 Å². The minimum atomic E-state index is 0.482. The van der Waals surface area contributed by atoms with Gasteiger partial charge in [0.2, 0.25) is 0 Å². The fourth-order valence-electron chi connectivity index (χ4n) is 2.81. The Morgan fingerprint density at radius 2 is 1.96 bits per heavy atom. The molecule has 26 heavy (non-hydrogen) atoms. The van der Waals surface area contributed by atoms with E-state index in [1.165, 1.54) is 0 Å². The minimum absolute atomic E-state index is 0.482. The van der Waals surface area contributed by atoms with Crippen molar-refractivity contribution < 1.29 is 0 Å². The highest BCUT2D eigenvalue weighted by Gasteiger charge is 2.28. The van der Waals surface area contributed by atoms with Crippen LogP contribution in [0.1, 0.15) is 24.6 Å². The second kappa shape index (κ2) is 6.26. The Hall–Kier alpha value is -2.64. The van der Waals surface area contributed by atoms with E-state index in [4.69, 9.17) is 16.6 Å². The van der Waals surface area contributed by atoms with E-state index in [1.54, 1.807) is 16.0 Å². The highest BCUT2D eigenvalue weighted by atomic mass is 35.5. The molecule has 6 nitrogen and oxygen atoms in total. The van der Waals surface area contributed by atoms with Crippen LogP contribution < -0.4 is 0 Å². The van der Waals surface area contributed by atoms with Gasteiger partial charge < -0.3 is 0 Å². The van der Waals surface area contributed by atoms with Crippen LogP contribution >= 0.6 is 22.9 Å². The average molecular weight is 381 g/mol. The summed E-state index contributed by atoms with van der Waals surface area (Å²) in [5, 5.41) is 15.0. The summed E-state index contributed by atoms with van der Waals surface area (Å²) < 4.78 is 1.68. The molecule has 0 spiro atoms. The van der Waals surface area contributed by atoms with Crippen molar-refractivity contribution in [1.82, 2.24) is 30.2 Å². The predicted octanol–water partition coefficient (Wildman–Crippen LogP) is 4.38. The monoisotopic (exact) mass is 380 g/mol. The van der Waals surface area contributed by atoms with Gasteiger partial charge in [0.15, 0.2) is 5.82 Å². The van der Waals surface area contributed by atoms with Crippen molar-refractivity contribution in [2.75, 3.05) is 0 Å². The maximum absolute atomic E-state index is 6.00. The quantitative estimate of drug-likeness (QED) is 0.525. The lowest BCUT2D eigenvalue weighted by molar-refractivity contribution is 0.791. The molecule has 0 unspecified atom stereocenters. The largest absolute Gasteiger partial charge is 0.240 e. The first-order chi connectivity index (χ1) is 12.8. The molecular formula is C18H13ClN6S. The number of thiophene rings is 1. The van der Waals surface area contributed by atoms with E-state index in [0.717, 1.165) is 40.5 Å². The van der Waals surface area contributed by atoms with Gasteiger partial charge in [0.25, 0.3) is 0 Å². The maximum Gasteiger partial charge on any atom is 0.190 e. The molecule has 0 atom stereocenters. The molecule has 3 heterocycles. The van der Waals surface area contributed by atoms with Gasteiger partial charge in [-0.25, -0.2) is 9.97 Å². The summed E-state index contributed by atoms with van der Waals surface area (Å²) in [6.45, 7) is 0. The number of halogens is 1. The Labute approximate surface area is 158 Å². The van der Waals surface area contributed by atoms with Crippen LogP contribution in [0.4, 0.5) is 0 Å². The topological polar surface area (TPSA) is 69.4 Å². The van der Waals surface area contributed by atoms with E-state index >= 15 is 0 Å². The van der Waals surface area contributed by atoms with Crippen molar-refractivity contribution >= 4 is 22.9 Å². The highest BCUT2D eigenvalue weighted by molar-refractivity contribution is 7.13. The number of rotatable bonds is 4. The van der Waals surface area contributed by atoms with Gasteiger partial charge in [-0.1, -0.05) is 17.7 Å². The van der Waals surface area contributed by atoms with Crippen LogP contribution in [-0.4, -0.2) is 30.2 Å². The molecule has 1 aromatic carbocycles. The highest BCUT2D eigenvalue weighted by Crippen LogP contribution is 2.40. The molecule has 4 aromatic rings. The third kappa shape index (κ3) is 2.79. The maximum atomic E-state index is 6.00. The van der Waals surface area contributed by atoms with Gasteiger partial charge in [-0.3, -0.25) is 0 Å². The molecule has 1 aliphatic rings. The van der Waals surface area contributed by atoms with E-state index in [1.807, 2.05) is 41.9 Å². The Balaban J connectivity index is 1.67. The first-order valence-corrected chi connectivity index (χ1v) is 9.51. The van der Waals surface area contributed by atoms with E-state index in [9.17, 15) is 0 Å². The van der Waals surface area contributed by atoms with E-state index in [2.05, 4.69) is 26.6 Å². The number of hydrogen-bond donors (Lipinski definition) is 0. The van der Waals surface area contributed by atoms with Gasteiger partial charge in [-0.15, -0.1) is 16.4 Å². The summed E-state index contributed by atoms with van der Waals surface area (Å²) in [5.74, 6) is 2.00. The number of benzene rings is 1. The first-order valence-electron chi connectivity index (χ1n) is 8.25. The summed E-state index contributed by atoms with van der Waals surface area (Å²) in [4.78, 5) is 10.5. The number of hydrogen-bond acceptors (Lipinski definition) is 6. The lowest BCUT2D eigenvalue weighted by Crippen LogP contribution is -2.03. The van der Waals surface area contributed by atoms with Crippen molar-refractivity contribution in [1.29, 1.82) is 0 Å². The van der Waals surface area contributed by atoms with Crippen molar-refractivity contribution in [2.45, 2.75) is 18.8 Å². The SMILES string of the molecule is Clc1ccc(-n2nnnc2-c2cnc(C3CC3)nc2-c2cccs2)cc1. The number of nitrogens with zero attached hydrogens (tertiary/aromatic N) is 6.